The van der Waals surface area contributed by atoms with Crippen LogP contribution in [0.25, 0.3) is 0 Å². The Kier molecular flexibility index (Phi) is 5.39. The van der Waals surface area contributed by atoms with Gasteiger partial charge < -0.3 is 9.64 Å². The number of amides is 1. The van der Waals surface area contributed by atoms with Crippen molar-refractivity contribution in [2.45, 2.75) is 31.5 Å². The molecule has 1 aliphatic rings. The molecule has 0 N–H and O–H groups in total. The fourth-order valence-corrected chi connectivity index (χ4v) is 2.81. The van der Waals surface area contributed by atoms with Gasteiger partial charge in [-0.15, -0.1) is 0 Å². The Hall–Kier alpha value is -2.64. The van der Waals surface area contributed by atoms with Crippen molar-refractivity contribution in [3.63, 3.8) is 0 Å². The van der Waals surface area contributed by atoms with Gasteiger partial charge in [-0.2, -0.15) is 18.2 Å². The van der Waals surface area contributed by atoms with Crippen LogP contribution in [0.3, 0.4) is 0 Å². The standard InChI is InChI=1S/C18H18F3N3O2/c19-18(20,21)15-6-9-22-17(23-15)26-14-7-10-24(11-8-14)16(25)12-13-4-2-1-3-5-13/h1-6,9,14H,7-8,10-12H2. The highest BCUT2D eigenvalue weighted by Crippen LogP contribution is 2.28. The molecule has 1 amide bonds. The monoisotopic (exact) mass is 365 g/mol. The first-order valence-electron chi connectivity index (χ1n) is 8.30. The van der Waals surface area contributed by atoms with E-state index >= 15 is 0 Å². The molecule has 0 bridgehead atoms. The van der Waals surface area contributed by atoms with E-state index in [1.165, 1.54) is 0 Å². The van der Waals surface area contributed by atoms with E-state index in [1.807, 2.05) is 30.3 Å². The molecule has 3 rings (SSSR count). The average molecular weight is 365 g/mol. The number of rotatable bonds is 4. The summed E-state index contributed by atoms with van der Waals surface area (Å²) in [6.07, 6.45) is -2.42. The number of hydrogen-bond donors (Lipinski definition) is 0. The summed E-state index contributed by atoms with van der Waals surface area (Å²) in [6, 6.07) is 9.99. The van der Waals surface area contributed by atoms with Crippen molar-refractivity contribution in [1.29, 1.82) is 0 Å². The molecule has 0 radical (unpaired) electrons. The van der Waals surface area contributed by atoms with Crippen molar-refractivity contribution in [2.24, 2.45) is 0 Å². The summed E-state index contributed by atoms with van der Waals surface area (Å²) in [7, 11) is 0. The molecular weight excluding hydrogens is 347 g/mol. The van der Waals surface area contributed by atoms with E-state index < -0.39 is 11.9 Å². The van der Waals surface area contributed by atoms with Crippen LogP contribution < -0.4 is 4.74 Å². The molecule has 1 aliphatic heterocycles. The van der Waals surface area contributed by atoms with E-state index in [-0.39, 0.29) is 18.0 Å². The smallest absolute Gasteiger partial charge is 0.433 e. The zero-order valence-corrected chi connectivity index (χ0v) is 13.9. The number of piperidine rings is 1. The summed E-state index contributed by atoms with van der Waals surface area (Å²) in [6.45, 7) is 0.991. The summed E-state index contributed by atoms with van der Waals surface area (Å²) in [4.78, 5) is 21.2. The Bertz CT molecular complexity index is 745. The van der Waals surface area contributed by atoms with Crippen LogP contribution in [0.15, 0.2) is 42.6 Å². The Morgan fingerprint density at radius 2 is 1.85 bits per heavy atom. The second kappa shape index (κ2) is 7.72. The van der Waals surface area contributed by atoms with Crippen LogP contribution in [0.1, 0.15) is 24.1 Å². The second-order valence-electron chi connectivity index (χ2n) is 6.08. The molecular formula is C18H18F3N3O2. The van der Waals surface area contributed by atoms with E-state index in [4.69, 9.17) is 4.74 Å². The highest BCUT2D eigenvalue weighted by molar-refractivity contribution is 5.78. The van der Waals surface area contributed by atoms with Gasteiger partial charge in [-0.1, -0.05) is 30.3 Å². The lowest BCUT2D eigenvalue weighted by Crippen LogP contribution is -2.42. The number of carbonyl (C=O) groups excluding carboxylic acids is 1. The highest BCUT2D eigenvalue weighted by Gasteiger charge is 2.33. The zero-order chi connectivity index (χ0) is 18.6. The van der Waals surface area contributed by atoms with Crippen molar-refractivity contribution < 1.29 is 22.7 Å². The Labute approximate surface area is 148 Å². The number of aromatic nitrogens is 2. The third-order valence-electron chi connectivity index (χ3n) is 4.19. The number of ether oxygens (including phenoxy) is 1. The third kappa shape index (κ3) is 4.71. The maximum absolute atomic E-state index is 12.7. The van der Waals surface area contributed by atoms with Crippen LogP contribution in [0.2, 0.25) is 0 Å². The summed E-state index contributed by atoms with van der Waals surface area (Å²) in [5.41, 5.74) is -0.0776. The largest absolute Gasteiger partial charge is 0.460 e. The van der Waals surface area contributed by atoms with Gasteiger partial charge in [0, 0.05) is 32.1 Å². The molecule has 8 heteroatoms. The first kappa shape index (κ1) is 18.2. The third-order valence-corrected chi connectivity index (χ3v) is 4.19. The summed E-state index contributed by atoms with van der Waals surface area (Å²) in [5.74, 6) is 0.0324. The molecule has 0 atom stereocenters. The van der Waals surface area contributed by atoms with Gasteiger partial charge in [0.25, 0.3) is 0 Å². The van der Waals surface area contributed by atoms with E-state index in [9.17, 15) is 18.0 Å². The van der Waals surface area contributed by atoms with E-state index in [1.54, 1.807) is 4.90 Å². The van der Waals surface area contributed by atoms with Gasteiger partial charge in [0.2, 0.25) is 5.91 Å². The molecule has 0 saturated carbocycles. The SMILES string of the molecule is O=C(Cc1ccccc1)N1CCC(Oc2nccc(C(F)(F)F)n2)CC1. The number of benzene rings is 1. The number of carbonyl (C=O) groups is 1. The lowest BCUT2D eigenvalue weighted by Gasteiger charge is -2.31. The van der Waals surface area contributed by atoms with E-state index in [0.29, 0.717) is 32.4 Å². The van der Waals surface area contributed by atoms with E-state index in [0.717, 1.165) is 17.8 Å². The van der Waals surface area contributed by atoms with Crippen molar-refractivity contribution in [3.05, 3.63) is 53.9 Å². The molecule has 1 saturated heterocycles. The predicted octanol–water partition coefficient (Wildman–Crippen LogP) is 3.11. The van der Waals surface area contributed by atoms with Crippen molar-refractivity contribution in [3.8, 4) is 6.01 Å². The number of alkyl halides is 3. The predicted molar refractivity (Wildman–Crippen MR) is 87.4 cm³/mol. The van der Waals surface area contributed by atoms with Crippen LogP contribution in [0.4, 0.5) is 13.2 Å². The quantitative estimate of drug-likeness (QED) is 0.836. The Morgan fingerprint density at radius 3 is 2.50 bits per heavy atom. The maximum atomic E-state index is 12.7. The zero-order valence-electron chi connectivity index (χ0n) is 13.9. The van der Waals surface area contributed by atoms with Crippen LogP contribution in [-0.2, 0) is 17.4 Å². The van der Waals surface area contributed by atoms with Gasteiger partial charge in [-0.25, -0.2) is 4.98 Å². The van der Waals surface area contributed by atoms with Crippen LogP contribution in [0, 0.1) is 0 Å². The minimum atomic E-state index is -4.53. The van der Waals surface area contributed by atoms with Crippen molar-refractivity contribution >= 4 is 5.91 Å². The van der Waals surface area contributed by atoms with Gasteiger partial charge in [-0.3, -0.25) is 4.79 Å². The van der Waals surface area contributed by atoms with Crippen LogP contribution >= 0.6 is 0 Å². The summed E-state index contributed by atoms with van der Waals surface area (Å²) >= 11 is 0. The maximum Gasteiger partial charge on any atom is 0.433 e. The first-order valence-corrected chi connectivity index (χ1v) is 8.30. The normalized spacial score (nSPS) is 15.7. The van der Waals surface area contributed by atoms with E-state index in [2.05, 4.69) is 9.97 Å². The average Bonchev–Trinajstić information content (AvgIpc) is 2.63. The first-order chi connectivity index (χ1) is 12.4. The summed E-state index contributed by atoms with van der Waals surface area (Å²) in [5, 5.41) is 0. The van der Waals surface area contributed by atoms with Gasteiger partial charge in [0.1, 0.15) is 6.10 Å². The molecule has 26 heavy (non-hydrogen) atoms. The molecule has 0 unspecified atom stereocenters. The Morgan fingerprint density at radius 1 is 1.15 bits per heavy atom. The minimum absolute atomic E-state index is 0.0324. The number of hydrogen-bond acceptors (Lipinski definition) is 4. The molecule has 0 spiro atoms. The number of halogens is 3. The lowest BCUT2D eigenvalue weighted by molar-refractivity contribution is -0.141. The molecule has 2 heterocycles. The summed E-state index contributed by atoms with van der Waals surface area (Å²) < 4.78 is 43.5. The van der Waals surface area contributed by atoms with Crippen molar-refractivity contribution in [1.82, 2.24) is 14.9 Å². The van der Waals surface area contributed by atoms with Gasteiger partial charge in [0.15, 0.2) is 5.69 Å². The van der Waals surface area contributed by atoms with Crippen molar-refractivity contribution in [2.75, 3.05) is 13.1 Å². The molecule has 138 valence electrons. The van der Waals surface area contributed by atoms with Gasteiger partial charge in [0.05, 0.1) is 6.42 Å². The molecule has 1 aromatic carbocycles. The molecule has 1 fully saturated rings. The molecule has 5 nitrogen and oxygen atoms in total. The van der Waals surface area contributed by atoms with Crippen LogP contribution in [0.5, 0.6) is 6.01 Å². The van der Waals surface area contributed by atoms with Gasteiger partial charge >= 0.3 is 12.2 Å². The molecule has 2 aromatic rings. The van der Waals surface area contributed by atoms with Crippen LogP contribution in [-0.4, -0.2) is 40.0 Å². The molecule has 1 aromatic heterocycles. The number of likely N-dealkylation sites (tertiary alicyclic amines) is 1. The fraction of sp³-hybridized carbons (Fsp3) is 0.389. The Balaban J connectivity index is 1.52. The topological polar surface area (TPSA) is 55.3 Å². The number of nitrogens with zero attached hydrogens (tertiary/aromatic N) is 3. The minimum Gasteiger partial charge on any atom is -0.460 e. The fourth-order valence-electron chi connectivity index (χ4n) is 2.81. The second-order valence-corrected chi connectivity index (χ2v) is 6.08. The van der Waals surface area contributed by atoms with Gasteiger partial charge in [-0.05, 0) is 11.6 Å². The lowest BCUT2D eigenvalue weighted by atomic mass is 10.1. The molecule has 0 aliphatic carbocycles. The highest BCUT2D eigenvalue weighted by atomic mass is 19.4.